The van der Waals surface area contributed by atoms with Crippen molar-refractivity contribution in [2.75, 3.05) is 11.9 Å². The first-order valence-electron chi connectivity index (χ1n) is 5.63. The van der Waals surface area contributed by atoms with E-state index in [0.29, 0.717) is 11.4 Å². The van der Waals surface area contributed by atoms with Crippen molar-refractivity contribution >= 4 is 26.0 Å². The van der Waals surface area contributed by atoms with E-state index in [1.807, 2.05) is 19.9 Å². The molecule has 0 fully saturated rings. The molecule has 0 saturated heterocycles. The van der Waals surface area contributed by atoms with E-state index >= 15 is 0 Å². The van der Waals surface area contributed by atoms with Crippen molar-refractivity contribution in [1.82, 2.24) is 4.31 Å². The zero-order valence-electron chi connectivity index (χ0n) is 10.1. The largest absolute Gasteiger partial charge is 0.243 e. The lowest BCUT2D eigenvalue weighted by atomic mass is 10.4. The quantitative estimate of drug-likeness (QED) is 0.756. The van der Waals surface area contributed by atoms with Gasteiger partial charge in [-0.1, -0.05) is 34.1 Å². The molecule has 0 aromatic heterocycles. The average Bonchev–Trinajstić information content (AvgIpc) is 2.30. The van der Waals surface area contributed by atoms with Crippen molar-refractivity contribution in [3.8, 4) is 0 Å². The number of alkyl halides is 1. The van der Waals surface area contributed by atoms with Gasteiger partial charge in [-0.2, -0.15) is 4.31 Å². The molecule has 0 aliphatic rings. The topological polar surface area (TPSA) is 37.4 Å². The number of halogens is 1. The van der Waals surface area contributed by atoms with Gasteiger partial charge >= 0.3 is 0 Å². The lowest BCUT2D eigenvalue weighted by Gasteiger charge is -2.25. The third-order valence-corrected chi connectivity index (χ3v) is 5.09. The fourth-order valence-electron chi connectivity index (χ4n) is 1.60. The summed E-state index contributed by atoms with van der Waals surface area (Å²) in [4.78, 5) is 0.364. The van der Waals surface area contributed by atoms with Crippen LogP contribution in [0.2, 0.25) is 0 Å². The highest BCUT2D eigenvalue weighted by Crippen LogP contribution is 2.18. The van der Waals surface area contributed by atoms with Crippen LogP contribution in [-0.4, -0.2) is 30.6 Å². The molecule has 0 bridgehead atoms. The lowest BCUT2D eigenvalue weighted by Crippen LogP contribution is -2.37. The molecule has 0 saturated carbocycles. The molecule has 1 aromatic rings. The molecule has 0 N–H and O–H groups in total. The summed E-state index contributed by atoms with van der Waals surface area (Å²) in [6.45, 7) is 4.34. The van der Waals surface area contributed by atoms with Crippen molar-refractivity contribution in [1.29, 1.82) is 0 Å². The van der Waals surface area contributed by atoms with Crippen LogP contribution in [-0.2, 0) is 10.0 Å². The van der Waals surface area contributed by atoms with E-state index in [2.05, 4.69) is 15.9 Å². The van der Waals surface area contributed by atoms with Crippen molar-refractivity contribution in [2.45, 2.75) is 31.2 Å². The second-order valence-electron chi connectivity index (χ2n) is 4.07. The molecule has 0 spiro atoms. The van der Waals surface area contributed by atoms with Gasteiger partial charge in [0.15, 0.2) is 0 Å². The van der Waals surface area contributed by atoms with Gasteiger partial charge in [0.2, 0.25) is 10.0 Å². The Kier molecular flexibility index (Phi) is 5.62. The Morgan fingerprint density at radius 3 is 2.29 bits per heavy atom. The standard InChI is InChI=1S/C12H18BrNO2S/c1-11(2)14(10-6-9-13)17(15,16)12-7-4-3-5-8-12/h3-5,7-8,11H,6,9-10H2,1-2H3. The average molecular weight is 320 g/mol. The van der Waals surface area contributed by atoms with E-state index in [9.17, 15) is 8.42 Å². The van der Waals surface area contributed by atoms with Crippen LogP contribution in [0.4, 0.5) is 0 Å². The molecular formula is C12H18BrNO2S. The van der Waals surface area contributed by atoms with Crippen LogP contribution in [0.3, 0.4) is 0 Å². The Morgan fingerprint density at radius 1 is 1.24 bits per heavy atom. The molecular weight excluding hydrogens is 302 g/mol. The molecule has 96 valence electrons. The van der Waals surface area contributed by atoms with Crippen molar-refractivity contribution in [3.05, 3.63) is 30.3 Å². The van der Waals surface area contributed by atoms with E-state index in [-0.39, 0.29) is 6.04 Å². The highest BCUT2D eigenvalue weighted by Gasteiger charge is 2.25. The fraction of sp³-hybridized carbons (Fsp3) is 0.500. The summed E-state index contributed by atoms with van der Waals surface area (Å²) >= 11 is 3.33. The van der Waals surface area contributed by atoms with Crippen LogP contribution in [0.25, 0.3) is 0 Å². The van der Waals surface area contributed by atoms with Gasteiger partial charge in [0.25, 0.3) is 0 Å². The number of rotatable bonds is 6. The molecule has 0 amide bonds. The van der Waals surface area contributed by atoms with Gasteiger partial charge in [-0.3, -0.25) is 0 Å². The SMILES string of the molecule is CC(C)N(CCCBr)S(=O)(=O)c1ccccc1. The van der Waals surface area contributed by atoms with Crippen LogP contribution < -0.4 is 0 Å². The predicted molar refractivity (Wildman–Crippen MR) is 73.9 cm³/mol. The van der Waals surface area contributed by atoms with Crippen LogP contribution in [0, 0.1) is 0 Å². The van der Waals surface area contributed by atoms with Crippen LogP contribution in [0.1, 0.15) is 20.3 Å². The number of nitrogens with zero attached hydrogens (tertiary/aromatic N) is 1. The molecule has 0 aliphatic heterocycles. The molecule has 0 unspecified atom stereocenters. The molecule has 0 heterocycles. The number of hydrogen-bond acceptors (Lipinski definition) is 2. The van der Waals surface area contributed by atoms with Gasteiger partial charge in [-0.15, -0.1) is 0 Å². The molecule has 5 heteroatoms. The summed E-state index contributed by atoms with van der Waals surface area (Å²) in [5.74, 6) is 0. The maximum Gasteiger partial charge on any atom is 0.243 e. The molecule has 17 heavy (non-hydrogen) atoms. The van der Waals surface area contributed by atoms with Gasteiger partial charge < -0.3 is 0 Å². The second-order valence-corrected chi connectivity index (χ2v) is 6.75. The summed E-state index contributed by atoms with van der Waals surface area (Å²) in [5.41, 5.74) is 0. The third kappa shape index (κ3) is 3.79. The Bertz CT molecular complexity index is 431. The van der Waals surface area contributed by atoms with Crippen molar-refractivity contribution in [3.63, 3.8) is 0 Å². The highest BCUT2D eigenvalue weighted by atomic mass is 79.9. The van der Waals surface area contributed by atoms with E-state index in [0.717, 1.165) is 11.8 Å². The normalized spacial score (nSPS) is 12.3. The number of benzene rings is 1. The molecule has 0 atom stereocenters. The minimum absolute atomic E-state index is 0.0285. The van der Waals surface area contributed by atoms with Gasteiger partial charge in [0, 0.05) is 17.9 Å². The van der Waals surface area contributed by atoms with Gasteiger partial charge in [-0.25, -0.2) is 8.42 Å². The lowest BCUT2D eigenvalue weighted by molar-refractivity contribution is 0.355. The van der Waals surface area contributed by atoms with E-state index < -0.39 is 10.0 Å². The molecule has 1 aromatic carbocycles. The first-order chi connectivity index (χ1) is 8.00. The summed E-state index contributed by atoms with van der Waals surface area (Å²) in [6, 6.07) is 8.56. The highest BCUT2D eigenvalue weighted by molar-refractivity contribution is 9.09. The van der Waals surface area contributed by atoms with Crippen LogP contribution >= 0.6 is 15.9 Å². The summed E-state index contributed by atoms with van der Waals surface area (Å²) in [6.07, 6.45) is 0.810. The van der Waals surface area contributed by atoms with Crippen LogP contribution in [0.5, 0.6) is 0 Å². The summed E-state index contributed by atoms with van der Waals surface area (Å²) in [7, 11) is -3.36. The Morgan fingerprint density at radius 2 is 1.82 bits per heavy atom. The van der Waals surface area contributed by atoms with E-state index in [1.165, 1.54) is 0 Å². The summed E-state index contributed by atoms with van der Waals surface area (Å²) in [5, 5.41) is 0.806. The molecule has 0 aliphatic carbocycles. The maximum absolute atomic E-state index is 12.4. The fourth-order valence-corrected chi connectivity index (χ4v) is 3.55. The van der Waals surface area contributed by atoms with Crippen molar-refractivity contribution < 1.29 is 8.42 Å². The molecule has 1 rings (SSSR count). The number of sulfonamides is 1. The zero-order valence-corrected chi connectivity index (χ0v) is 12.5. The first-order valence-corrected chi connectivity index (χ1v) is 8.19. The number of hydrogen-bond donors (Lipinski definition) is 0. The smallest absolute Gasteiger partial charge is 0.207 e. The van der Waals surface area contributed by atoms with E-state index in [4.69, 9.17) is 0 Å². The molecule has 3 nitrogen and oxygen atoms in total. The summed E-state index contributed by atoms with van der Waals surface area (Å²) < 4.78 is 26.3. The Balaban J connectivity index is 3.01. The van der Waals surface area contributed by atoms with Gasteiger partial charge in [0.05, 0.1) is 4.90 Å². The van der Waals surface area contributed by atoms with Gasteiger partial charge in [-0.05, 0) is 32.4 Å². The van der Waals surface area contributed by atoms with Gasteiger partial charge in [0.1, 0.15) is 0 Å². The maximum atomic E-state index is 12.4. The van der Waals surface area contributed by atoms with Crippen molar-refractivity contribution in [2.24, 2.45) is 0 Å². The predicted octanol–water partition coefficient (Wildman–Crippen LogP) is 2.87. The minimum atomic E-state index is -3.36. The zero-order chi connectivity index (χ0) is 12.9. The first kappa shape index (κ1) is 14.7. The molecule has 0 radical (unpaired) electrons. The Hall–Kier alpha value is -0.390. The van der Waals surface area contributed by atoms with Crippen LogP contribution in [0.15, 0.2) is 35.2 Å². The third-order valence-electron chi connectivity index (χ3n) is 2.44. The second kappa shape index (κ2) is 6.52. The monoisotopic (exact) mass is 319 g/mol. The Labute approximate surface area is 112 Å². The van der Waals surface area contributed by atoms with E-state index in [1.54, 1.807) is 28.6 Å². The minimum Gasteiger partial charge on any atom is -0.207 e.